The molecule has 0 fully saturated rings. The van der Waals surface area contributed by atoms with Crippen molar-refractivity contribution in [2.75, 3.05) is 6.61 Å². The van der Waals surface area contributed by atoms with E-state index >= 15 is 0 Å². The molecular formula is C21H21NO4. The molecule has 0 bridgehead atoms. The molecule has 0 aromatic heterocycles. The number of amides is 1. The molecule has 0 unspecified atom stereocenters. The largest absolute Gasteiger partial charge is 0.479 e. The van der Waals surface area contributed by atoms with Gasteiger partial charge in [0.1, 0.15) is 5.54 Å². The van der Waals surface area contributed by atoms with Gasteiger partial charge in [0.05, 0.1) is 6.61 Å². The Labute approximate surface area is 152 Å². The molecule has 0 aliphatic heterocycles. The highest BCUT2D eigenvalue weighted by molar-refractivity contribution is 6.01. The number of aryl methyl sites for hydroxylation is 1. The number of carboxylic acids is 1. The number of nitrogens with one attached hydrogen (secondary N) is 1. The minimum Gasteiger partial charge on any atom is -0.479 e. The molecule has 26 heavy (non-hydrogen) atoms. The van der Waals surface area contributed by atoms with Crippen LogP contribution in [-0.4, -0.2) is 34.2 Å². The summed E-state index contributed by atoms with van der Waals surface area (Å²) in [5.41, 5.74) is 2.49. The van der Waals surface area contributed by atoms with Gasteiger partial charge in [-0.2, -0.15) is 0 Å². The van der Waals surface area contributed by atoms with Gasteiger partial charge in [-0.1, -0.05) is 48.6 Å². The summed E-state index contributed by atoms with van der Waals surface area (Å²) < 4.78 is 0. The fraction of sp³-hybridized carbons (Fsp3) is 0.238. The Morgan fingerprint density at radius 1 is 1.12 bits per heavy atom. The van der Waals surface area contributed by atoms with Crippen molar-refractivity contribution in [1.29, 1.82) is 0 Å². The van der Waals surface area contributed by atoms with E-state index in [1.807, 2.05) is 37.3 Å². The summed E-state index contributed by atoms with van der Waals surface area (Å²) >= 11 is 0. The first-order valence-electron chi connectivity index (χ1n) is 8.46. The average molecular weight is 351 g/mol. The number of carbonyl (C=O) groups is 2. The number of fused-ring (bicyclic) bond motifs is 1. The van der Waals surface area contributed by atoms with Crippen LogP contribution in [0, 0.1) is 6.92 Å². The standard InChI is InChI=1S/C21H21NO4/c1-14-6-4-9-18(17(14)10-5-11-23)19(24)22-21(20(25)26)12-15-7-2-3-8-16(15)13-21/h2-10,23H,11-13H2,1H3,(H,22,24)(H,25,26)/b10-5+. The molecule has 1 amide bonds. The molecule has 0 spiro atoms. The maximum Gasteiger partial charge on any atom is 0.330 e. The Morgan fingerprint density at radius 3 is 2.35 bits per heavy atom. The molecule has 3 N–H and O–H groups in total. The van der Waals surface area contributed by atoms with E-state index in [-0.39, 0.29) is 19.4 Å². The van der Waals surface area contributed by atoms with E-state index in [0.29, 0.717) is 11.1 Å². The van der Waals surface area contributed by atoms with Gasteiger partial charge in [-0.25, -0.2) is 4.79 Å². The molecule has 1 aliphatic carbocycles. The Kier molecular flexibility index (Phi) is 4.91. The lowest BCUT2D eigenvalue weighted by Crippen LogP contribution is -2.55. The van der Waals surface area contributed by atoms with Crippen molar-refractivity contribution in [2.24, 2.45) is 0 Å². The van der Waals surface area contributed by atoms with Crippen LogP contribution in [-0.2, 0) is 17.6 Å². The molecule has 2 aromatic rings. The maximum atomic E-state index is 12.9. The highest BCUT2D eigenvalue weighted by Gasteiger charge is 2.45. The van der Waals surface area contributed by atoms with Gasteiger partial charge in [-0.15, -0.1) is 0 Å². The number of hydrogen-bond acceptors (Lipinski definition) is 3. The van der Waals surface area contributed by atoms with Gasteiger partial charge in [-0.05, 0) is 35.2 Å². The summed E-state index contributed by atoms with van der Waals surface area (Å²) in [6.45, 7) is 1.73. The molecule has 1 aliphatic rings. The summed E-state index contributed by atoms with van der Waals surface area (Å²) in [4.78, 5) is 24.9. The van der Waals surface area contributed by atoms with Crippen molar-refractivity contribution >= 4 is 18.0 Å². The van der Waals surface area contributed by atoms with Crippen molar-refractivity contribution in [3.8, 4) is 0 Å². The summed E-state index contributed by atoms with van der Waals surface area (Å²) in [6, 6.07) is 12.8. The first kappa shape index (κ1) is 17.9. The second-order valence-electron chi connectivity index (χ2n) is 6.58. The van der Waals surface area contributed by atoms with Crippen LogP contribution in [0.15, 0.2) is 48.5 Å². The molecule has 3 rings (SSSR count). The Morgan fingerprint density at radius 2 is 1.77 bits per heavy atom. The van der Waals surface area contributed by atoms with E-state index in [1.54, 1.807) is 24.3 Å². The van der Waals surface area contributed by atoms with E-state index in [9.17, 15) is 14.7 Å². The normalized spacial score (nSPS) is 15.0. The molecule has 0 saturated heterocycles. The third-order valence-electron chi connectivity index (χ3n) is 4.82. The quantitative estimate of drug-likeness (QED) is 0.772. The summed E-state index contributed by atoms with van der Waals surface area (Å²) in [5, 5.41) is 21.6. The number of aliphatic hydroxyl groups excluding tert-OH is 1. The predicted molar refractivity (Wildman–Crippen MR) is 99.0 cm³/mol. The summed E-state index contributed by atoms with van der Waals surface area (Å²) in [6.07, 6.45) is 3.76. The molecule has 5 nitrogen and oxygen atoms in total. The fourth-order valence-corrected chi connectivity index (χ4v) is 3.46. The van der Waals surface area contributed by atoms with Crippen molar-refractivity contribution in [1.82, 2.24) is 5.32 Å². The van der Waals surface area contributed by atoms with Crippen LogP contribution >= 0.6 is 0 Å². The zero-order valence-corrected chi connectivity index (χ0v) is 14.5. The van der Waals surface area contributed by atoms with Gasteiger partial charge in [0.25, 0.3) is 5.91 Å². The molecule has 2 aromatic carbocycles. The number of aliphatic hydroxyl groups is 1. The smallest absolute Gasteiger partial charge is 0.330 e. The Bertz CT molecular complexity index is 860. The van der Waals surface area contributed by atoms with E-state index < -0.39 is 17.4 Å². The average Bonchev–Trinajstić information content (AvgIpc) is 3.00. The zero-order valence-electron chi connectivity index (χ0n) is 14.5. The lowest BCUT2D eigenvalue weighted by atomic mass is 9.94. The summed E-state index contributed by atoms with van der Waals surface area (Å²) in [7, 11) is 0. The number of benzene rings is 2. The predicted octanol–water partition coefficient (Wildman–Crippen LogP) is 2.35. The first-order valence-corrected chi connectivity index (χ1v) is 8.46. The molecule has 134 valence electrons. The highest BCUT2D eigenvalue weighted by atomic mass is 16.4. The maximum absolute atomic E-state index is 12.9. The van der Waals surface area contributed by atoms with Gasteiger partial charge in [0, 0.05) is 18.4 Å². The Balaban J connectivity index is 1.93. The summed E-state index contributed by atoms with van der Waals surface area (Å²) in [5.74, 6) is -1.47. The van der Waals surface area contributed by atoms with E-state index in [1.165, 1.54) is 0 Å². The monoisotopic (exact) mass is 351 g/mol. The Hall–Kier alpha value is -2.92. The first-order chi connectivity index (χ1) is 12.5. The van der Waals surface area contributed by atoms with Gasteiger partial charge in [0.2, 0.25) is 0 Å². The molecule has 0 radical (unpaired) electrons. The molecule has 0 saturated carbocycles. The van der Waals surface area contributed by atoms with E-state index in [4.69, 9.17) is 5.11 Å². The number of rotatable bonds is 5. The molecule has 5 heteroatoms. The fourth-order valence-electron chi connectivity index (χ4n) is 3.46. The van der Waals surface area contributed by atoms with E-state index in [0.717, 1.165) is 16.7 Å². The topological polar surface area (TPSA) is 86.6 Å². The van der Waals surface area contributed by atoms with Crippen LogP contribution in [0.25, 0.3) is 6.08 Å². The lowest BCUT2D eigenvalue weighted by molar-refractivity contribution is -0.144. The van der Waals surface area contributed by atoms with Crippen molar-refractivity contribution in [3.05, 3.63) is 76.4 Å². The minimum atomic E-state index is -1.34. The van der Waals surface area contributed by atoms with Gasteiger partial charge in [0.15, 0.2) is 0 Å². The molecule has 0 atom stereocenters. The molecular weight excluding hydrogens is 330 g/mol. The number of aliphatic carboxylic acids is 1. The second-order valence-corrected chi connectivity index (χ2v) is 6.58. The number of carbonyl (C=O) groups excluding carboxylic acids is 1. The van der Waals surface area contributed by atoms with Crippen LogP contribution in [0.5, 0.6) is 0 Å². The SMILES string of the molecule is Cc1cccc(C(=O)NC2(C(=O)O)Cc3ccccc3C2)c1/C=C/CO. The van der Waals surface area contributed by atoms with Gasteiger partial charge < -0.3 is 15.5 Å². The number of carboxylic acid groups (broad SMARTS) is 1. The van der Waals surface area contributed by atoms with Crippen molar-refractivity contribution in [3.63, 3.8) is 0 Å². The third-order valence-corrected chi connectivity index (χ3v) is 4.82. The lowest BCUT2D eigenvalue weighted by Gasteiger charge is -2.26. The third kappa shape index (κ3) is 3.26. The van der Waals surface area contributed by atoms with Crippen LogP contribution in [0.3, 0.4) is 0 Å². The van der Waals surface area contributed by atoms with Crippen LogP contribution in [0.4, 0.5) is 0 Å². The van der Waals surface area contributed by atoms with Gasteiger partial charge in [-0.3, -0.25) is 4.79 Å². The number of hydrogen-bond donors (Lipinski definition) is 3. The van der Waals surface area contributed by atoms with Gasteiger partial charge >= 0.3 is 5.97 Å². The highest BCUT2D eigenvalue weighted by Crippen LogP contribution is 2.31. The minimum absolute atomic E-state index is 0.135. The van der Waals surface area contributed by atoms with Crippen LogP contribution in [0.1, 0.15) is 32.6 Å². The van der Waals surface area contributed by atoms with Crippen LogP contribution in [0.2, 0.25) is 0 Å². The zero-order chi connectivity index (χ0) is 18.7. The van der Waals surface area contributed by atoms with Crippen molar-refractivity contribution in [2.45, 2.75) is 25.3 Å². The van der Waals surface area contributed by atoms with Crippen molar-refractivity contribution < 1.29 is 19.8 Å². The van der Waals surface area contributed by atoms with Crippen LogP contribution < -0.4 is 5.32 Å². The second kappa shape index (κ2) is 7.14. The van der Waals surface area contributed by atoms with E-state index in [2.05, 4.69) is 5.32 Å². The molecule has 0 heterocycles.